The summed E-state index contributed by atoms with van der Waals surface area (Å²) in [4.78, 5) is 17.7. The highest BCUT2D eigenvalue weighted by molar-refractivity contribution is 9.10. The molecule has 1 aromatic rings. The van der Waals surface area contributed by atoms with Crippen LogP contribution >= 0.6 is 15.9 Å². The summed E-state index contributed by atoms with van der Waals surface area (Å²) in [7, 11) is 0. The first-order valence-electron chi connectivity index (χ1n) is 7.19. The average molecular weight is 359 g/mol. The zero-order valence-electron chi connectivity index (χ0n) is 12.3. The molecule has 0 unspecified atom stereocenters. The number of piperidine rings is 1. The van der Waals surface area contributed by atoms with E-state index in [-0.39, 0.29) is 17.7 Å². The molecule has 1 aromatic heterocycles. The molecule has 1 fully saturated rings. The third-order valence-corrected chi connectivity index (χ3v) is 4.11. The van der Waals surface area contributed by atoms with Crippen LogP contribution < -0.4 is 4.90 Å². The van der Waals surface area contributed by atoms with Crippen LogP contribution in [0.1, 0.15) is 26.7 Å². The summed E-state index contributed by atoms with van der Waals surface area (Å²) in [6.07, 6.45) is 4.17. The number of anilines is 1. The fourth-order valence-corrected chi connectivity index (χ4v) is 2.97. The van der Waals surface area contributed by atoms with E-state index in [1.54, 1.807) is 6.20 Å². The van der Waals surface area contributed by atoms with Crippen LogP contribution in [0, 0.1) is 17.7 Å². The van der Waals surface area contributed by atoms with Crippen molar-refractivity contribution in [3.05, 3.63) is 22.7 Å². The molecule has 1 aliphatic heterocycles. The fourth-order valence-electron chi connectivity index (χ4n) is 2.41. The predicted molar refractivity (Wildman–Crippen MR) is 82.6 cm³/mol. The van der Waals surface area contributed by atoms with E-state index in [1.165, 1.54) is 6.20 Å². The van der Waals surface area contributed by atoms with E-state index in [2.05, 4.69) is 20.9 Å². The molecular formula is C15H20BrFN2O2. The SMILES string of the molecule is CC(C)COC(=O)C1CCN(c2c(F)cncc2Br)CC1. The minimum atomic E-state index is -0.342. The standard InChI is InChI=1S/C15H20BrFN2O2/c1-10(2)9-21-15(20)11-3-5-19(6-4-11)14-12(16)7-18-8-13(14)17/h7-8,10-11H,3-6,9H2,1-2H3. The lowest BCUT2D eigenvalue weighted by Crippen LogP contribution is -2.37. The van der Waals surface area contributed by atoms with E-state index in [0.717, 1.165) is 0 Å². The Morgan fingerprint density at radius 2 is 2.14 bits per heavy atom. The number of hydrogen-bond donors (Lipinski definition) is 0. The summed E-state index contributed by atoms with van der Waals surface area (Å²) in [5.74, 6) is -0.206. The van der Waals surface area contributed by atoms with E-state index in [0.29, 0.717) is 48.6 Å². The Morgan fingerprint density at radius 1 is 1.48 bits per heavy atom. The summed E-state index contributed by atoms with van der Waals surface area (Å²) in [6.45, 7) is 5.77. The molecule has 0 aliphatic carbocycles. The Hall–Kier alpha value is -1.17. The number of pyridine rings is 1. The molecular weight excluding hydrogens is 339 g/mol. The second-order valence-electron chi connectivity index (χ2n) is 5.74. The highest BCUT2D eigenvalue weighted by Gasteiger charge is 2.28. The number of rotatable bonds is 4. The lowest BCUT2D eigenvalue weighted by atomic mass is 9.96. The van der Waals surface area contributed by atoms with Crippen molar-refractivity contribution < 1.29 is 13.9 Å². The van der Waals surface area contributed by atoms with Gasteiger partial charge in [0.25, 0.3) is 0 Å². The zero-order valence-corrected chi connectivity index (χ0v) is 13.9. The van der Waals surface area contributed by atoms with Crippen molar-refractivity contribution in [1.29, 1.82) is 0 Å². The van der Waals surface area contributed by atoms with Gasteiger partial charge in [0.1, 0.15) is 0 Å². The van der Waals surface area contributed by atoms with E-state index >= 15 is 0 Å². The maximum absolute atomic E-state index is 13.9. The summed E-state index contributed by atoms with van der Waals surface area (Å²) in [5.41, 5.74) is 0.527. The Bertz CT molecular complexity index is 482. The number of ether oxygens (including phenoxy) is 1. The smallest absolute Gasteiger partial charge is 0.309 e. The van der Waals surface area contributed by atoms with Gasteiger partial charge in [0, 0.05) is 19.3 Å². The van der Waals surface area contributed by atoms with Gasteiger partial charge >= 0.3 is 5.97 Å². The van der Waals surface area contributed by atoms with Crippen LogP contribution in [-0.2, 0) is 9.53 Å². The molecule has 0 saturated carbocycles. The molecule has 0 atom stereocenters. The van der Waals surface area contributed by atoms with Crippen LogP contribution in [0.4, 0.5) is 10.1 Å². The molecule has 4 nitrogen and oxygen atoms in total. The molecule has 116 valence electrons. The maximum Gasteiger partial charge on any atom is 0.309 e. The molecule has 2 heterocycles. The molecule has 2 rings (SSSR count). The van der Waals surface area contributed by atoms with Gasteiger partial charge in [-0.25, -0.2) is 4.39 Å². The number of carbonyl (C=O) groups excluding carboxylic acids is 1. The number of nitrogens with zero attached hydrogens (tertiary/aromatic N) is 2. The van der Waals surface area contributed by atoms with Gasteiger partial charge in [-0.05, 0) is 34.7 Å². The fraction of sp³-hybridized carbons (Fsp3) is 0.600. The molecule has 1 aliphatic rings. The van der Waals surface area contributed by atoms with Crippen LogP contribution in [0.2, 0.25) is 0 Å². The van der Waals surface area contributed by atoms with Crippen molar-refractivity contribution in [2.24, 2.45) is 11.8 Å². The van der Waals surface area contributed by atoms with Gasteiger partial charge < -0.3 is 9.64 Å². The lowest BCUT2D eigenvalue weighted by Gasteiger charge is -2.33. The highest BCUT2D eigenvalue weighted by Crippen LogP contribution is 2.31. The Morgan fingerprint density at radius 3 is 2.71 bits per heavy atom. The summed E-state index contributed by atoms with van der Waals surface area (Å²) < 4.78 is 19.8. The normalized spacial score (nSPS) is 16.3. The zero-order chi connectivity index (χ0) is 15.4. The molecule has 0 bridgehead atoms. The average Bonchev–Trinajstić information content (AvgIpc) is 2.45. The lowest BCUT2D eigenvalue weighted by molar-refractivity contribution is -0.150. The van der Waals surface area contributed by atoms with Crippen LogP contribution in [0.25, 0.3) is 0 Å². The molecule has 0 amide bonds. The Kier molecular flexibility index (Phi) is 5.56. The number of halogens is 2. The minimum absolute atomic E-state index is 0.0799. The monoisotopic (exact) mass is 358 g/mol. The Balaban J connectivity index is 1.93. The van der Waals surface area contributed by atoms with Crippen LogP contribution in [0.3, 0.4) is 0 Å². The summed E-state index contributed by atoms with van der Waals surface area (Å²) in [5, 5.41) is 0. The minimum Gasteiger partial charge on any atom is -0.465 e. The van der Waals surface area contributed by atoms with Crippen molar-refractivity contribution in [2.45, 2.75) is 26.7 Å². The molecule has 6 heteroatoms. The van der Waals surface area contributed by atoms with Gasteiger partial charge in [0.2, 0.25) is 0 Å². The summed E-state index contributed by atoms with van der Waals surface area (Å²) in [6, 6.07) is 0. The Labute approximate surface area is 132 Å². The number of hydrogen-bond acceptors (Lipinski definition) is 4. The second-order valence-corrected chi connectivity index (χ2v) is 6.59. The first-order chi connectivity index (χ1) is 9.99. The predicted octanol–water partition coefficient (Wildman–Crippen LogP) is 3.40. The third kappa shape index (κ3) is 4.15. The van der Waals surface area contributed by atoms with Crippen LogP contribution in [0.15, 0.2) is 16.9 Å². The quantitative estimate of drug-likeness (QED) is 0.773. The van der Waals surface area contributed by atoms with E-state index < -0.39 is 0 Å². The number of carbonyl (C=O) groups is 1. The topological polar surface area (TPSA) is 42.4 Å². The molecule has 1 saturated heterocycles. The van der Waals surface area contributed by atoms with E-state index in [1.807, 2.05) is 18.7 Å². The van der Waals surface area contributed by atoms with Gasteiger partial charge in [-0.2, -0.15) is 0 Å². The molecule has 0 N–H and O–H groups in total. The first-order valence-corrected chi connectivity index (χ1v) is 7.99. The van der Waals surface area contributed by atoms with Gasteiger partial charge in [-0.3, -0.25) is 9.78 Å². The van der Waals surface area contributed by atoms with Crippen molar-refractivity contribution >= 4 is 27.6 Å². The molecule has 0 spiro atoms. The highest BCUT2D eigenvalue weighted by atomic mass is 79.9. The first kappa shape index (κ1) is 16.2. The van der Waals surface area contributed by atoms with Crippen molar-refractivity contribution in [1.82, 2.24) is 4.98 Å². The van der Waals surface area contributed by atoms with Crippen LogP contribution in [-0.4, -0.2) is 30.6 Å². The van der Waals surface area contributed by atoms with Crippen molar-refractivity contribution in [3.8, 4) is 0 Å². The van der Waals surface area contributed by atoms with E-state index in [9.17, 15) is 9.18 Å². The van der Waals surface area contributed by atoms with Gasteiger partial charge in [0.05, 0.1) is 28.9 Å². The third-order valence-electron chi connectivity index (χ3n) is 3.53. The van der Waals surface area contributed by atoms with Gasteiger partial charge in [-0.15, -0.1) is 0 Å². The molecule has 21 heavy (non-hydrogen) atoms. The number of esters is 1. The molecule has 0 radical (unpaired) electrons. The van der Waals surface area contributed by atoms with Crippen LogP contribution in [0.5, 0.6) is 0 Å². The maximum atomic E-state index is 13.9. The van der Waals surface area contributed by atoms with E-state index in [4.69, 9.17) is 4.74 Å². The van der Waals surface area contributed by atoms with Crippen molar-refractivity contribution in [3.63, 3.8) is 0 Å². The van der Waals surface area contributed by atoms with Gasteiger partial charge in [-0.1, -0.05) is 13.8 Å². The summed E-state index contributed by atoms with van der Waals surface area (Å²) >= 11 is 3.33. The largest absolute Gasteiger partial charge is 0.465 e. The van der Waals surface area contributed by atoms with Gasteiger partial charge in [0.15, 0.2) is 5.82 Å². The second kappa shape index (κ2) is 7.20. The number of aromatic nitrogens is 1. The molecule has 0 aromatic carbocycles. The van der Waals surface area contributed by atoms with Crippen molar-refractivity contribution in [2.75, 3.05) is 24.6 Å².